The third-order valence-corrected chi connectivity index (χ3v) is 2.30. The Morgan fingerprint density at radius 2 is 2.17 bits per heavy atom. The normalized spacial score (nSPS) is 18.4. The summed E-state index contributed by atoms with van der Waals surface area (Å²) in [6, 6.07) is 0. The highest BCUT2D eigenvalue weighted by atomic mass is 19.4. The van der Waals surface area contributed by atoms with Gasteiger partial charge in [-0.05, 0) is 0 Å². The van der Waals surface area contributed by atoms with E-state index in [0.29, 0.717) is 0 Å². The molecule has 0 aliphatic carbocycles. The molecule has 0 bridgehead atoms. The topological polar surface area (TPSA) is 82.0 Å². The average Bonchev–Trinajstić information content (AvgIpc) is 2.27. The van der Waals surface area contributed by atoms with Gasteiger partial charge in [0.05, 0.1) is 6.54 Å². The fraction of sp³-hybridized carbons (Fsp3) is 0.667. The Bertz CT molecular complexity index is 381. The Morgan fingerprint density at radius 1 is 1.56 bits per heavy atom. The number of amides is 2. The monoisotopic (exact) mass is 267 g/mol. The summed E-state index contributed by atoms with van der Waals surface area (Å²) in [5, 5.41) is 15.2. The van der Waals surface area contributed by atoms with Crippen molar-refractivity contribution >= 4 is 17.5 Å². The fourth-order valence-corrected chi connectivity index (χ4v) is 1.24. The summed E-state index contributed by atoms with van der Waals surface area (Å²) < 4.78 is 35.9. The summed E-state index contributed by atoms with van der Waals surface area (Å²) in [6.45, 7) is -0.945. The van der Waals surface area contributed by atoms with Crippen LogP contribution in [0.1, 0.15) is 12.8 Å². The first-order chi connectivity index (χ1) is 8.21. The Labute approximate surface area is 100 Å². The van der Waals surface area contributed by atoms with Crippen LogP contribution in [-0.2, 0) is 9.59 Å². The van der Waals surface area contributed by atoms with E-state index in [-0.39, 0.29) is 24.5 Å². The van der Waals surface area contributed by atoms with Crippen LogP contribution in [0.5, 0.6) is 0 Å². The smallest absolute Gasteiger partial charge is 0.382 e. The summed E-state index contributed by atoms with van der Waals surface area (Å²) in [7, 11) is 1.35. The summed E-state index contributed by atoms with van der Waals surface area (Å²) >= 11 is 0. The van der Waals surface area contributed by atoms with Gasteiger partial charge in [-0.15, -0.1) is 0 Å². The van der Waals surface area contributed by atoms with E-state index in [1.165, 1.54) is 7.05 Å². The van der Waals surface area contributed by atoms with Crippen LogP contribution >= 0.6 is 0 Å². The average molecular weight is 267 g/mol. The quantitative estimate of drug-likeness (QED) is 0.732. The van der Waals surface area contributed by atoms with E-state index >= 15 is 0 Å². The summed E-state index contributed by atoms with van der Waals surface area (Å²) in [5.41, 5.74) is -0.0357. The van der Waals surface area contributed by atoms with Gasteiger partial charge in [-0.1, -0.05) is 0 Å². The Morgan fingerprint density at radius 3 is 2.67 bits per heavy atom. The van der Waals surface area contributed by atoms with Crippen molar-refractivity contribution < 1.29 is 27.9 Å². The van der Waals surface area contributed by atoms with Gasteiger partial charge in [-0.3, -0.25) is 9.59 Å². The van der Waals surface area contributed by atoms with Crippen molar-refractivity contribution in [2.24, 2.45) is 5.10 Å². The predicted octanol–water partition coefficient (Wildman–Crippen LogP) is -0.366. The van der Waals surface area contributed by atoms with E-state index in [0.717, 1.165) is 5.01 Å². The number of nitrogens with one attached hydrogen (secondary N) is 1. The molecule has 9 heteroatoms. The van der Waals surface area contributed by atoms with Crippen molar-refractivity contribution in [3.63, 3.8) is 0 Å². The molecule has 0 radical (unpaired) electrons. The molecule has 18 heavy (non-hydrogen) atoms. The van der Waals surface area contributed by atoms with Crippen molar-refractivity contribution in [1.29, 1.82) is 0 Å². The van der Waals surface area contributed by atoms with Crippen LogP contribution in [0.15, 0.2) is 5.10 Å². The maximum absolute atomic E-state index is 12.0. The van der Waals surface area contributed by atoms with E-state index in [1.807, 2.05) is 5.32 Å². The van der Waals surface area contributed by atoms with Gasteiger partial charge in [0.25, 0.3) is 5.91 Å². The lowest BCUT2D eigenvalue weighted by molar-refractivity contribution is -0.201. The summed E-state index contributed by atoms with van der Waals surface area (Å²) in [6.07, 6.45) is -7.26. The molecule has 1 atom stereocenters. The molecule has 1 unspecified atom stereocenters. The number of aliphatic hydroxyl groups is 1. The molecule has 0 aromatic rings. The number of hydrogen-bond donors (Lipinski definition) is 2. The fourth-order valence-electron chi connectivity index (χ4n) is 1.24. The second-order valence-electron chi connectivity index (χ2n) is 3.73. The number of nitrogens with zero attached hydrogens (tertiary/aromatic N) is 2. The van der Waals surface area contributed by atoms with Gasteiger partial charge in [0, 0.05) is 19.9 Å². The van der Waals surface area contributed by atoms with E-state index in [9.17, 15) is 22.8 Å². The molecule has 0 fully saturated rings. The van der Waals surface area contributed by atoms with Crippen molar-refractivity contribution in [1.82, 2.24) is 10.3 Å². The first kappa shape index (κ1) is 14.4. The first-order valence-corrected chi connectivity index (χ1v) is 5.09. The minimum absolute atomic E-state index is 0.0357. The molecular formula is C9H12F3N3O3. The molecular weight excluding hydrogens is 255 g/mol. The van der Waals surface area contributed by atoms with Gasteiger partial charge in [0.15, 0.2) is 6.10 Å². The molecule has 1 aliphatic heterocycles. The lowest BCUT2D eigenvalue weighted by Crippen LogP contribution is -2.44. The van der Waals surface area contributed by atoms with Crippen LogP contribution in [0.25, 0.3) is 0 Å². The highest BCUT2D eigenvalue weighted by molar-refractivity contribution is 6.39. The van der Waals surface area contributed by atoms with Crippen LogP contribution in [0.4, 0.5) is 13.2 Å². The zero-order valence-electron chi connectivity index (χ0n) is 9.49. The van der Waals surface area contributed by atoms with Gasteiger partial charge in [-0.25, -0.2) is 5.01 Å². The number of hydrazone groups is 1. The van der Waals surface area contributed by atoms with E-state index in [1.54, 1.807) is 0 Å². The number of carbonyl (C=O) groups excluding carboxylic acids is 2. The lowest BCUT2D eigenvalue weighted by Gasteiger charge is -2.20. The predicted molar refractivity (Wildman–Crippen MR) is 54.5 cm³/mol. The summed E-state index contributed by atoms with van der Waals surface area (Å²) in [4.78, 5) is 22.5. The standard InChI is InChI=1S/C9H12F3N3O3/c1-15-7(17)3-2-5(14-15)8(18)13-4-6(16)9(10,11)12/h6,16H,2-4H2,1H3,(H,13,18). The molecule has 102 valence electrons. The number of hydrogen-bond acceptors (Lipinski definition) is 4. The van der Waals surface area contributed by atoms with E-state index < -0.39 is 24.7 Å². The van der Waals surface area contributed by atoms with Crippen molar-refractivity contribution in [3.8, 4) is 0 Å². The molecule has 0 aromatic carbocycles. The van der Waals surface area contributed by atoms with Gasteiger partial charge in [0.2, 0.25) is 5.91 Å². The highest BCUT2D eigenvalue weighted by Gasteiger charge is 2.38. The third kappa shape index (κ3) is 3.69. The molecule has 1 heterocycles. The maximum Gasteiger partial charge on any atom is 0.416 e. The maximum atomic E-state index is 12.0. The molecule has 0 spiro atoms. The Balaban J connectivity index is 2.52. The molecule has 0 aromatic heterocycles. The number of carbonyl (C=O) groups is 2. The second kappa shape index (κ2) is 5.34. The molecule has 0 saturated heterocycles. The largest absolute Gasteiger partial charge is 0.416 e. The van der Waals surface area contributed by atoms with Crippen LogP contribution < -0.4 is 5.32 Å². The SMILES string of the molecule is CN1N=C(C(=O)NCC(O)C(F)(F)F)CCC1=O. The van der Waals surface area contributed by atoms with E-state index in [2.05, 4.69) is 5.10 Å². The van der Waals surface area contributed by atoms with Crippen LogP contribution in [0, 0.1) is 0 Å². The van der Waals surface area contributed by atoms with Gasteiger partial charge in [-0.2, -0.15) is 18.3 Å². The minimum Gasteiger partial charge on any atom is -0.382 e. The number of rotatable bonds is 3. The number of halogens is 3. The van der Waals surface area contributed by atoms with Gasteiger partial charge >= 0.3 is 6.18 Å². The van der Waals surface area contributed by atoms with Crippen molar-refractivity contribution in [2.45, 2.75) is 25.1 Å². The third-order valence-electron chi connectivity index (χ3n) is 2.30. The molecule has 1 rings (SSSR count). The summed E-state index contributed by atoms with van der Waals surface area (Å²) in [5.74, 6) is -1.10. The van der Waals surface area contributed by atoms with Crippen LogP contribution in [0.3, 0.4) is 0 Å². The lowest BCUT2D eigenvalue weighted by atomic mass is 10.1. The van der Waals surface area contributed by atoms with Crippen molar-refractivity contribution in [2.75, 3.05) is 13.6 Å². The zero-order chi connectivity index (χ0) is 13.9. The Kier molecular flexibility index (Phi) is 4.28. The molecule has 1 aliphatic rings. The number of alkyl halides is 3. The zero-order valence-corrected chi connectivity index (χ0v) is 9.49. The van der Waals surface area contributed by atoms with E-state index in [4.69, 9.17) is 5.11 Å². The van der Waals surface area contributed by atoms with Gasteiger partial charge < -0.3 is 10.4 Å². The minimum atomic E-state index is -4.78. The first-order valence-electron chi connectivity index (χ1n) is 5.09. The van der Waals surface area contributed by atoms with Crippen LogP contribution in [0.2, 0.25) is 0 Å². The molecule has 2 N–H and O–H groups in total. The van der Waals surface area contributed by atoms with Gasteiger partial charge in [0.1, 0.15) is 5.71 Å². The number of aliphatic hydroxyl groups excluding tert-OH is 1. The van der Waals surface area contributed by atoms with Crippen LogP contribution in [-0.4, -0.2) is 53.5 Å². The van der Waals surface area contributed by atoms with Crippen molar-refractivity contribution in [3.05, 3.63) is 0 Å². The second-order valence-corrected chi connectivity index (χ2v) is 3.73. The molecule has 6 nitrogen and oxygen atoms in total. The molecule has 0 saturated carbocycles. The highest BCUT2D eigenvalue weighted by Crippen LogP contribution is 2.19. The Hall–Kier alpha value is -1.64. The molecule has 2 amide bonds.